The zero-order chi connectivity index (χ0) is 14.7. The van der Waals surface area contributed by atoms with Crippen LogP contribution in [-0.2, 0) is 4.74 Å². The van der Waals surface area contributed by atoms with Crippen molar-refractivity contribution in [2.75, 3.05) is 36.5 Å². The molecule has 1 aromatic heterocycles. The molecule has 0 radical (unpaired) electrons. The highest BCUT2D eigenvalue weighted by Gasteiger charge is 2.16. The number of aromatic nitrogens is 3. The minimum Gasteiger partial charge on any atom is -0.378 e. The molecule has 2 aromatic rings. The molecular weight excluding hydrogens is 388 g/mol. The number of hydrogen-bond donors (Lipinski definition) is 1. The van der Waals surface area contributed by atoms with Crippen molar-refractivity contribution in [1.29, 1.82) is 0 Å². The van der Waals surface area contributed by atoms with Crippen molar-refractivity contribution < 1.29 is 9.13 Å². The molecule has 1 saturated heterocycles. The van der Waals surface area contributed by atoms with Gasteiger partial charge in [-0.15, -0.1) is 0 Å². The number of morpholine rings is 1. The molecule has 0 spiro atoms. The van der Waals surface area contributed by atoms with Gasteiger partial charge in [-0.05, 0) is 24.3 Å². The summed E-state index contributed by atoms with van der Waals surface area (Å²) >= 11 is 2.06. The van der Waals surface area contributed by atoms with Crippen LogP contribution in [0.1, 0.15) is 0 Å². The minimum absolute atomic E-state index is 0.278. The molecule has 1 aromatic carbocycles. The minimum atomic E-state index is -0.278. The summed E-state index contributed by atoms with van der Waals surface area (Å²) in [4.78, 5) is 15.1. The first kappa shape index (κ1) is 14.4. The summed E-state index contributed by atoms with van der Waals surface area (Å²) in [5.74, 6) is 0.796. The smallest absolute Gasteiger partial charge is 0.232 e. The predicted molar refractivity (Wildman–Crippen MR) is 85.3 cm³/mol. The molecule has 1 fully saturated rings. The van der Waals surface area contributed by atoms with Crippen molar-refractivity contribution in [3.8, 4) is 0 Å². The Morgan fingerprint density at radius 2 is 1.81 bits per heavy atom. The van der Waals surface area contributed by atoms with E-state index in [-0.39, 0.29) is 5.82 Å². The van der Waals surface area contributed by atoms with Crippen molar-refractivity contribution in [1.82, 2.24) is 15.0 Å². The summed E-state index contributed by atoms with van der Waals surface area (Å²) in [5, 5.41) is 3.06. The van der Waals surface area contributed by atoms with Gasteiger partial charge in [0.2, 0.25) is 11.9 Å². The van der Waals surface area contributed by atoms with Crippen molar-refractivity contribution in [2.45, 2.75) is 0 Å². The highest BCUT2D eigenvalue weighted by atomic mass is 127. The monoisotopic (exact) mass is 401 g/mol. The maximum Gasteiger partial charge on any atom is 0.232 e. The Morgan fingerprint density at radius 3 is 2.52 bits per heavy atom. The summed E-state index contributed by atoms with van der Waals surface area (Å²) < 4.78 is 18.8. The lowest BCUT2D eigenvalue weighted by molar-refractivity contribution is 0.122. The summed E-state index contributed by atoms with van der Waals surface area (Å²) in [7, 11) is 0. The SMILES string of the molecule is Fc1ccc(Nc2nc(I)nc(N3CCOCC3)n2)cc1. The first-order valence-electron chi connectivity index (χ1n) is 6.47. The molecule has 3 rings (SSSR count). The third-order valence-electron chi connectivity index (χ3n) is 2.99. The number of halogens is 2. The van der Waals surface area contributed by atoms with Crippen molar-refractivity contribution >= 4 is 40.2 Å². The molecule has 0 saturated carbocycles. The van der Waals surface area contributed by atoms with Gasteiger partial charge in [0.15, 0.2) is 3.83 Å². The van der Waals surface area contributed by atoms with Gasteiger partial charge >= 0.3 is 0 Å². The number of rotatable bonds is 3. The normalized spacial score (nSPS) is 15.0. The lowest BCUT2D eigenvalue weighted by Gasteiger charge is -2.26. The molecule has 2 heterocycles. The Morgan fingerprint density at radius 1 is 1.10 bits per heavy atom. The Bertz CT molecular complexity index is 618. The first-order chi connectivity index (χ1) is 10.2. The van der Waals surface area contributed by atoms with Crippen molar-refractivity contribution in [3.63, 3.8) is 0 Å². The Labute approximate surface area is 134 Å². The largest absolute Gasteiger partial charge is 0.378 e. The number of anilines is 3. The van der Waals surface area contributed by atoms with Gasteiger partial charge in [-0.2, -0.15) is 15.0 Å². The van der Waals surface area contributed by atoms with Crippen LogP contribution in [0.3, 0.4) is 0 Å². The molecule has 1 aliphatic heterocycles. The summed E-state index contributed by atoms with van der Waals surface area (Å²) in [6.07, 6.45) is 0. The fourth-order valence-electron chi connectivity index (χ4n) is 1.96. The van der Waals surface area contributed by atoms with E-state index in [1.807, 2.05) is 0 Å². The third kappa shape index (κ3) is 3.76. The summed E-state index contributed by atoms with van der Waals surface area (Å²) in [6, 6.07) is 6.05. The van der Waals surface area contributed by atoms with Crippen LogP contribution in [-0.4, -0.2) is 41.3 Å². The van der Waals surface area contributed by atoms with E-state index < -0.39 is 0 Å². The number of ether oxygens (including phenoxy) is 1. The molecule has 1 aliphatic rings. The second-order valence-electron chi connectivity index (χ2n) is 4.46. The Balaban J connectivity index is 1.81. The van der Waals surface area contributed by atoms with Gasteiger partial charge < -0.3 is 15.0 Å². The molecule has 110 valence electrons. The van der Waals surface area contributed by atoms with Crippen LogP contribution < -0.4 is 10.2 Å². The van der Waals surface area contributed by atoms with Gasteiger partial charge in [0, 0.05) is 41.4 Å². The lowest BCUT2D eigenvalue weighted by Crippen LogP contribution is -2.37. The maximum absolute atomic E-state index is 12.9. The molecule has 0 unspecified atom stereocenters. The molecule has 0 amide bonds. The summed E-state index contributed by atoms with van der Waals surface area (Å²) in [6.45, 7) is 2.86. The van der Waals surface area contributed by atoms with Crippen molar-refractivity contribution in [3.05, 3.63) is 33.9 Å². The second kappa shape index (κ2) is 6.48. The molecule has 6 nitrogen and oxygen atoms in total. The highest BCUT2D eigenvalue weighted by molar-refractivity contribution is 14.1. The standard InChI is InChI=1S/C13H13FIN5O/c14-9-1-3-10(4-2-9)16-12-17-11(15)18-13(19-12)20-5-7-21-8-6-20/h1-4H,5-8H2,(H,16,17,18,19). The average molecular weight is 401 g/mol. The quantitative estimate of drug-likeness (QED) is 0.796. The predicted octanol–water partition coefficient (Wildman–Crippen LogP) is 2.20. The van der Waals surface area contributed by atoms with E-state index in [0.29, 0.717) is 28.9 Å². The van der Waals surface area contributed by atoms with Gasteiger partial charge in [-0.25, -0.2) is 4.39 Å². The van der Waals surface area contributed by atoms with Crippen molar-refractivity contribution in [2.24, 2.45) is 0 Å². The summed E-state index contributed by atoms with van der Waals surface area (Å²) in [5.41, 5.74) is 0.728. The molecule has 8 heteroatoms. The van der Waals surface area contributed by atoms with Crippen LogP contribution in [0.15, 0.2) is 24.3 Å². The lowest BCUT2D eigenvalue weighted by atomic mass is 10.3. The van der Waals surface area contributed by atoms with Crippen LogP contribution in [0.25, 0.3) is 0 Å². The fourth-order valence-corrected chi connectivity index (χ4v) is 2.41. The van der Waals surface area contributed by atoms with Gasteiger partial charge in [-0.1, -0.05) is 0 Å². The van der Waals surface area contributed by atoms with Crippen LogP contribution >= 0.6 is 22.6 Å². The maximum atomic E-state index is 12.9. The van der Waals surface area contributed by atoms with E-state index >= 15 is 0 Å². The fraction of sp³-hybridized carbons (Fsp3) is 0.308. The highest BCUT2D eigenvalue weighted by Crippen LogP contribution is 2.17. The Kier molecular flexibility index (Phi) is 4.44. The molecular formula is C13H13FIN5O. The van der Waals surface area contributed by atoms with E-state index in [2.05, 4.69) is 47.8 Å². The van der Waals surface area contributed by atoms with Crippen LogP contribution in [0.2, 0.25) is 0 Å². The molecule has 0 bridgehead atoms. The van der Waals surface area contributed by atoms with Crippen LogP contribution in [0, 0.1) is 9.65 Å². The van der Waals surface area contributed by atoms with E-state index in [4.69, 9.17) is 4.74 Å². The van der Waals surface area contributed by atoms with Gasteiger partial charge in [0.25, 0.3) is 0 Å². The Hall–Kier alpha value is -1.55. The first-order valence-corrected chi connectivity index (χ1v) is 7.55. The topological polar surface area (TPSA) is 63.2 Å². The second-order valence-corrected chi connectivity index (χ2v) is 5.42. The molecule has 1 N–H and O–H groups in total. The molecule has 0 atom stereocenters. The van der Waals surface area contributed by atoms with Gasteiger partial charge in [0.05, 0.1) is 13.2 Å². The number of benzene rings is 1. The van der Waals surface area contributed by atoms with Gasteiger partial charge in [0.1, 0.15) is 5.82 Å². The third-order valence-corrected chi connectivity index (χ3v) is 3.47. The average Bonchev–Trinajstić information content (AvgIpc) is 2.50. The zero-order valence-electron chi connectivity index (χ0n) is 11.1. The zero-order valence-corrected chi connectivity index (χ0v) is 13.2. The molecule has 0 aliphatic carbocycles. The van der Waals surface area contributed by atoms with E-state index in [9.17, 15) is 4.39 Å². The van der Waals surface area contributed by atoms with Gasteiger partial charge in [-0.3, -0.25) is 0 Å². The number of hydrogen-bond acceptors (Lipinski definition) is 6. The van der Waals surface area contributed by atoms with E-state index in [0.717, 1.165) is 18.8 Å². The van der Waals surface area contributed by atoms with E-state index in [1.54, 1.807) is 12.1 Å². The van der Waals surface area contributed by atoms with Crippen LogP contribution in [0.5, 0.6) is 0 Å². The number of nitrogens with one attached hydrogen (secondary N) is 1. The molecule has 21 heavy (non-hydrogen) atoms. The number of nitrogens with zero attached hydrogens (tertiary/aromatic N) is 4. The van der Waals surface area contributed by atoms with Crippen LogP contribution in [0.4, 0.5) is 22.0 Å². The van der Waals surface area contributed by atoms with E-state index in [1.165, 1.54) is 12.1 Å².